The highest BCUT2D eigenvalue weighted by Crippen LogP contribution is 2.32. The summed E-state index contributed by atoms with van der Waals surface area (Å²) in [6.45, 7) is 16.1. The van der Waals surface area contributed by atoms with Crippen LogP contribution in [0.4, 0.5) is 0 Å². The predicted octanol–water partition coefficient (Wildman–Crippen LogP) is 3.84. The van der Waals surface area contributed by atoms with Crippen molar-refractivity contribution in [3.8, 4) is 0 Å². The highest BCUT2D eigenvalue weighted by molar-refractivity contribution is 4.77. The van der Waals surface area contributed by atoms with Gasteiger partial charge in [0.15, 0.2) is 0 Å². The van der Waals surface area contributed by atoms with Gasteiger partial charge in [0.25, 0.3) is 0 Å². The maximum atomic E-state index is 3.48. The van der Waals surface area contributed by atoms with E-state index < -0.39 is 0 Å². The van der Waals surface area contributed by atoms with E-state index in [-0.39, 0.29) is 0 Å². The molecule has 0 aliphatic heterocycles. The summed E-state index contributed by atoms with van der Waals surface area (Å²) in [7, 11) is 0. The van der Waals surface area contributed by atoms with E-state index in [0.29, 0.717) is 10.8 Å². The average molecular weight is 199 g/mol. The van der Waals surface area contributed by atoms with Crippen molar-refractivity contribution in [1.82, 2.24) is 5.32 Å². The van der Waals surface area contributed by atoms with Crippen molar-refractivity contribution in [2.75, 3.05) is 13.1 Å². The first kappa shape index (κ1) is 14.0. The van der Waals surface area contributed by atoms with Crippen molar-refractivity contribution in [2.45, 2.75) is 60.8 Å². The smallest absolute Gasteiger partial charge is 0.000495 e. The maximum absolute atomic E-state index is 3.48. The number of rotatable bonds is 6. The Balaban J connectivity index is 3.98. The van der Waals surface area contributed by atoms with E-state index >= 15 is 0 Å². The second kappa shape index (κ2) is 5.75. The SMILES string of the molecule is CCNCC(C)(CC)CCC(C)(C)C. The molecule has 0 radical (unpaired) electrons. The van der Waals surface area contributed by atoms with Crippen molar-refractivity contribution in [3.05, 3.63) is 0 Å². The van der Waals surface area contributed by atoms with E-state index in [1.807, 2.05) is 0 Å². The van der Waals surface area contributed by atoms with E-state index in [0.717, 1.165) is 13.1 Å². The van der Waals surface area contributed by atoms with Crippen molar-refractivity contribution in [1.29, 1.82) is 0 Å². The van der Waals surface area contributed by atoms with Crippen LogP contribution in [0.3, 0.4) is 0 Å². The standard InChI is InChI=1S/C13H29N/c1-7-13(6,11-14-8-2)10-9-12(3,4)5/h14H,7-11H2,1-6H3. The Morgan fingerprint density at radius 3 is 1.86 bits per heavy atom. The van der Waals surface area contributed by atoms with Gasteiger partial charge < -0.3 is 5.32 Å². The molecular formula is C13H29N. The van der Waals surface area contributed by atoms with Gasteiger partial charge in [0, 0.05) is 6.54 Å². The van der Waals surface area contributed by atoms with Crippen molar-refractivity contribution < 1.29 is 0 Å². The van der Waals surface area contributed by atoms with Crippen LogP contribution in [-0.4, -0.2) is 13.1 Å². The second-order valence-electron chi connectivity index (χ2n) is 6.01. The molecule has 0 aromatic carbocycles. The molecule has 1 unspecified atom stereocenters. The van der Waals surface area contributed by atoms with Crippen LogP contribution in [0.25, 0.3) is 0 Å². The molecule has 14 heavy (non-hydrogen) atoms. The van der Waals surface area contributed by atoms with Crippen LogP contribution in [0.2, 0.25) is 0 Å². The van der Waals surface area contributed by atoms with Gasteiger partial charge in [-0.1, -0.05) is 41.5 Å². The van der Waals surface area contributed by atoms with Crippen molar-refractivity contribution >= 4 is 0 Å². The van der Waals surface area contributed by atoms with Crippen LogP contribution in [0.15, 0.2) is 0 Å². The zero-order chi connectivity index (χ0) is 11.2. The molecule has 0 aliphatic carbocycles. The van der Waals surface area contributed by atoms with Crippen LogP contribution in [0.1, 0.15) is 60.8 Å². The highest BCUT2D eigenvalue weighted by atomic mass is 14.9. The number of hydrogen-bond donors (Lipinski definition) is 1. The molecule has 0 saturated carbocycles. The molecular weight excluding hydrogens is 170 g/mol. The fourth-order valence-electron chi connectivity index (χ4n) is 1.49. The molecule has 0 aromatic heterocycles. The normalized spacial score (nSPS) is 16.7. The summed E-state index contributed by atoms with van der Waals surface area (Å²) in [5.74, 6) is 0. The second-order valence-corrected chi connectivity index (χ2v) is 6.01. The van der Waals surface area contributed by atoms with Gasteiger partial charge >= 0.3 is 0 Å². The lowest BCUT2D eigenvalue weighted by Crippen LogP contribution is -2.32. The Labute approximate surface area is 90.7 Å². The molecule has 0 aliphatic rings. The van der Waals surface area contributed by atoms with Gasteiger partial charge in [-0.2, -0.15) is 0 Å². The first-order valence-electron chi connectivity index (χ1n) is 6.04. The van der Waals surface area contributed by atoms with Gasteiger partial charge in [-0.25, -0.2) is 0 Å². The molecule has 0 aromatic rings. The van der Waals surface area contributed by atoms with Gasteiger partial charge in [-0.15, -0.1) is 0 Å². The molecule has 0 spiro atoms. The Bertz CT molecular complexity index is 146. The summed E-state index contributed by atoms with van der Waals surface area (Å²) in [6, 6.07) is 0. The lowest BCUT2D eigenvalue weighted by molar-refractivity contribution is 0.220. The van der Waals surface area contributed by atoms with Crippen molar-refractivity contribution in [3.63, 3.8) is 0 Å². The van der Waals surface area contributed by atoms with Gasteiger partial charge in [-0.3, -0.25) is 0 Å². The van der Waals surface area contributed by atoms with Gasteiger partial charge in [0.2, 0.25) is 0 Å². The molecule has 0 heterocycles. The van der Waals surface area contributed by atoms with E-state index in [1.54, 1.807) is 0 Å². The topological polar surface area (TPSA) is 12.0 Å². The fraction of sp³-hybridized carbons (Fsp3) is 1.00. The highest BCUT2D eigenvalue weighted by Gasteiger charge is 2.23. The van der Waals surface area contributed by atoms with Crippen LogP contribution < -0.4 is 5.32 Å². The summed E-state index contributed by atoms with van der Waals surface area (Å²) in [5, 5.41) is 3.48. The molecule has 0 amide bonds. The van der Waals surface area contributed by atoms with Crippen LogP contribution in [0.5, 0.6) is 0 Å². The van der Waals surface area contributed by atoms with E-state index in [2.05, 4.69) is 46.9 Å². The Morgan fingerprint density at radius 1 is 0.929 bits per heavy atom. The quantitative estimate of drug-likeness (QED) is 0.685. The van der Waals surface area contributed by atoms with Crippen molar-refractivity contribution in [2.24, 2.45) is 10.8 Å². The van der Waals surface area contributed by atoms with E-state index in [9.17, 15) is 0 Å². The monoisotopic (exact) mass is 199 g/mol. The first-order valence-corrected chi connectivity index (χ1v) is 6.04. The fourth-order valence-corrected chi connectivity index (χ4v) is 1.49. The molecule has 0 bridgehead atoms. The lowest BCUT2D eigenvalue weighted by atomic mass is 9.77. The zero-order valence-electron chi connectivity index (χ0n) is 11.0. The summed E-state index contributed by atoms with van der Waals surface area (Å²) >= 11 is 0. The third-order valence-electron chi connectivity index (χ3n) is 3.13. The summed E-state index contributed by atoms with van der Waals surface area (Å²) < 4.78 is 0. The van der Waals surface area contributed by atoms with Gasteiger partial charge in [-0.05, 0) is 36.6 Å². The Hall–Kier alpha value is -0.0400. The minimum absolute atomic E-state index is 0.475. The predicted molar refractivity (Wildman–Crippen MR) is 65.6 cm³/mol. The Morgan fingerprint density at radius 2 is 1.50 bits per heavy atom. The van der Waals surface area contributed by atoms with E-state index in [1.165, 1.54) is 19.3 Å². The van der Waals surface area contributed by atoms with Gasteiger partial charge in [0.1, 0.15) is 0 Å². The molecule has 0 saturated heterocycles. The largest absolute Gasteiger partial charge is 0.316 e. The van der Waals surface area contributed by atoms with Crippen LogP contribution in [0, 0.1) is 10.8 Å². The summed E-state index contributed by atoms with van der Waals surface area (Å²) in [5.41, 5.74) is 0.964. The average Bonchev–Trinajstić information content (AvgIpc) is 2.10. The molecule has 0 rings (SSSR count). The molecule has 1 N–H and O–H groups in total. The first-order chi connectivity index (χ1) is 6.33. The minimum Gasteiger partial charge on any atom is -0.316 e. The molecule has 86 valence electrons. The third-order valence-corrected chi connectivity index (χ3v) is 3.13. The van der Waals surface area contributed by atoms with Gasteiger partial charge in [0.05, 0.1) is 0 Å². The minimum atomic E-state index is 0.475. The Kier molecular flexibility index (Phi) is 5.73. The summed E-state index contributed by atoms with van der Waals surface area (Å²) in [4.78, 5) is 0. The van der Waals surface area contributed by atoms with Crippen LogP contribution in [-0.2, 0) is 0 Å². The summed E-state index contributed by atoms with van der Waals surface area (Å²) in [6.07, 6.45) is 3.93. The molecule has 1 heteroatoms. The van der Waals surface area contributed by atoms with Crippen LogP contribution >= 0.6 is 0 Å². The third kappa shape index (κ3) is 6.42. The molecule has 0 fully saturated rings. The zero-order valence-corrected chi connectivity index (χ0v) is 11.0. The molecule has 1 nitrogen and oxygen atoms in total. The maximum Gasteiger partial charge on any atom is 0.000495 e. The van der Waals surface area contributed by atoms with E-state index in [4.69, 9.17) is 0 Å². The lowest BCUT2D eigenvalue weighted by Gasteiger charge is -2.31. The number of hydrogen-bond acceptors (Lipinski definition) is 1. The number of nitrogens with one attached hydrogen (secondary N) is 1. The molecule has 1 atom stereocenters.